The molecule has 0 spiro atoms. The molecule has 90 valence electrons. The lowest BCUT2D eigenvalue weighted by Crippen LogP contribution is -2.20. The average molecular weight is 221 g/mol. The van der Waals surface area contributed by atoms with E-state index in [4.69, 9.17) is 5.11 Å². The molecule has 0 bridgehead atoms. The Morgan fingerprint density at radius 3 is 2.56 bits per heavy atom. The summed E-state index contributed by atoms with van der Waals surface area (Å²) in [4.78, 5) is 0. The van der Waals surface area contributed by atoms with Gasteiger partial charge < -0.3 is 10.4 Å². The van der Waals surface area contributed by atoms with Gasteiger partial charge in [0.1, 0.15) is 0 Å². The van der Waals surface area contributed by atoms with Gasteiger partial charge in [-0.2, -0.15) is 0 Å². The fourth-order valence-electron chi connectivity index (χ4n) is 1.66. The molecule has 1 aromatic rings. The van der Waals surface area contributed by atoms with Crippen LogP contribution in [-0.4, -0.2) is 24.3 Å². The van der Waals surface area contributed by atoms with Crippen LogP contribution >= 0.6 is 0 Å². The molecule has 2 N–H and O–H groups in total. The zero-order valence-corrected chi connectivity index (χ0v) is 10.2. The molecule has 0 fully saturated rings. The highest BCUT2D eigenvalue weighted by molar-refractivity contribution is 5.14. The first-order valence-electron chi connectivity index (χ1n) is 6.22. The van der Waals surface area contributed by atoms with Crippen molar-refractivity contribution in [2.24, 2.45) is 0 Å². The third-order valence-electron chi connectivity index (χ3n) is 2.65. The fourth-order valence-corrected chi connectivity index (χ4v) is 1.66. The van der Waals surface area contributed by atoms with Gasteiger partial charge in [0.25, 0.3) is 0 Å². The molecule has 0 aliphatic carbocycles. The van der Waals surface area contributed by atoms with Gasteiger partial charge in [-0.25, -0.2) is 0 Å². The summed E-state index contributed by atoms with van der Waals surface area (Å²) in [5, 5.41) is 12.4. The topological polar surface area (TPSA) is 32.3 Å². The van der Waals surface area contributed by atoms with Gasteiger partial charge in [0.15, 0.2) is 0 Å². The van der Waals surface area contributed by atoms with Crippen LogP contribution in [0.1, 0.15) is 31.7 Å². The molecule has 0 saturated heterocycles. The molecular weight excluding hydrogens is 198 g/mol. The second kappa shape index (κ2) is 8.31. The van der Waals surface area contributed by atoms with Crippen LogP contribution in [0.4, 0.5) is 0 Å². The Balaban J connectivity index is 1.93. The van der Waals surface area contributed by atoms with Crippen LogP contribution in [0.2, 0.25) is 0 Å². The second-order valence-corrected chi connectivity index (χ2v) is 4.33. The van der Waals surface area contributed by atoms with E-state index in [0.29, 0.717) is 0 Å². The molecule has 0 aromatic heterocycles. The summed E-state index contributed by atoms with van der Waals surface area (Å²) in [6.45, 7) is 3.81. The SMILES string of the molecule is CC(O)CCNCCCCc1ccccc1. The molecule has 16 heavy (non-hydrogen) atoms. The van der Waals surface area contributed by atoms with Crippen molar-refractivity contribution in [3.63, 3.8) is 0 Å². The summed E-state index contributed by atoms with van der Waals surface area (Å²) in [6, 6.07) is 10.6. The molecule has 2 heteroatoms. The predicted octanol–water partition coefficient (Wildman–Crippen LogP) is 2.37. The normalized spacial score (nSPS) is 12.6. The number of aliphatic hydroxyl groups excluding tert-OH is 1. The van der Waals surface area contributed by atoms with Crippen LogP contribution in [0.25, 0.3) is 0 Å². The second-order valence-electron chi connectivity index (χ2n) is 4.33. The van der Waals surface area contributed by atoms with Crippen molar-refractivity contribution in [1.29, 1.82) is 0 Å². The molecule has 1 atom stereocenters. The van der Waals surface area contributed by atoms with E-state index in [-0.39, 0.29) is 6.10 Å². The minimum atomic E-state index is -0.184. The number of aliphatic hydroxyl groups is 1. The van der Waals surface area contributed by atoms with Crippen molar-refractivity contribution in [3.8, 4) is 0 Å². The zero-order valence-electron chi connectivity index (χ0n) is 10.2. The van der Waals surface area contributed by atoms with E-state index in [9.17, 15) is 0 Å². The van der Waals surface area contributed by atoms with Gasteiger partial charge >= 0.3 is 0 Å². The smallest absolute Gasteiger partial charge is 0.0524 e. The van der Waals surface area contributed by atoms with Gasteiger partial charge in [-0.3, -0.25) is 0 Å². The Labute approximate surface area is 98.7 Å². The van der Waals surface area contributed by atoms with Crippen LogP contribution < -0.4 is 5.32 Å². The maximum atomic E-state index is 9.06. The summed E-state index contributed by atoms with van der Waals surface area (Å²) >= 11 is 0. The maximum Gasteiger partial charge on any atom is 0.0524 e. The van der Waals surface area contributed by atoms with Gasteiger partial charge in [-0.1, -0.05) is 30.3 Å². The molecule has 0 heterocycles. The highest BCUT2D eigenvalue weighted by Crippen LogP contribution is 2.03. The third kappa shape index (κ3) is 6.59. The van der Waals surface area contributed by atoms with Crippen molar-refractivity contribution in [3.05, 3.63) is 35.9 Å². The zero-order chi connectivity index (χ0) is 11.6. The molecule has 2 nitrogen and oxygen atoms in total. The molecule has 0 saturated carbocycles. The standard InChI is InChI=1S/C14H23NO/c1-13(16)10-12-15-11-6-5-9-14-7-3-2-4-8-14/h2-4,7-8,13,15-16H,5-6,9-12H2,1H3. The summed E-state index contributed by atoms with van der Waals surface area (Å²) < 4.78 is 0. The van der Waals surface area contributed by atoms with Crippen molar-refractivity contribution in [2.45, 2.75) is 38.7 Å². The molecule has 1 unspecified atom stereocenters. The number of aryl methyl sites for hydroxylation is 1. The average Bonchev–Trinajstić information content (AvgIpc) is 2.29. The van der Waals surface area contributed by atoms with Crippen LogP contribution in [-0.2, 0) is 6.42 Å². The molecule has 0 aliphatic rings. The highest BCUT2D eigenvalue weighted by Gasteiger charge is 1.95. The summed E-state index contributed by atoms with van der Waals surface area (Å²) in [7, 11) is 0. The first kappa shape index (κ1) is 13.2. The lowest BCUT2D eigenvalue weighted by molar-refractivity contribution is 0.184. The van der Waals surface area contributed by atoms with Crippen molar-refractivity contribution in [2.75, 3.05) is 13.1 Å². The minimum absolute atomic E-state index is 0.184. The molecule has 0 amide bonds. The monoisotopic (exact) mass is 221 g/mol. The lowest BCUT2D eigenvalue weighted by Gasteiger charge is -2.06. The van der Waals surface area contributed by atoms with Gasteiger partial charge in [-0.15, -0.1) is 0 Å². The van der Waals surface area contributed by atoms with Gasteiger partial charge in [0.05, 0.1) is 6.10 Å². The van der Waals surface area contributed by atoms with Gasteiger partial charge in [-0.05, 0) is 51.3 Å². The number of hydrogen-bond acceptors (Lipinski definition) is 2. The number of unbranched alkanes of at least 4 members (excludes halogenated alkanes) is 1. The van der Waals surface area contributed by atoms with Crippen molar-refractivity contribution in [1.82, 2.24) is 5.32 Å². The first-order chi connectivity index (χ1) is 7.79. The fraction of sp³-hybridized carbons (Fsp3) is 0.571. The minimum Gasteiger partial charge on any atom is -0.393 e. The van der Waals surface area contributed by atoms with E-state index in [1.807, 2.05) is 6.92 Å². The Hall–Kier alpha value is -0.860. The molecule has 0 aliphatic heterocycles. The quantitative estimate of drug-likeness (QED) is 0.661. The number of benzene rings is 1. The van der Waals surface area contributed by atoms with E-state index in [1.54, 1.807) is 0 Å². The van der Waals surface area contributed by atoms with Gasteiger partial charge in [0.2, 0.25) is 0 Å². The molecule has 1 aromatic carbocycles. The Morgan fingerprint density at radius 1 is 1.12 bits per heavy atom. The van der Waals surface area contributed by atoms with Crippen molar-refractivity contribution >= 4 is 0 Å². The lowest BCUT2D eigenvalue weighted by atomic mass is 10.1. The molecule has 1 rings (SSSR count). The van der Waals surface area contributed by atoms with Crippen LogP contribution in [0.5, 0.6) is 0 Å². The Bertz CT molecular complexity index is 259. The van der Waals surface area contributed by atoms with E-state index in [1.165, 1.54) is 24.8 Å². The maximum absolute atomic E-state index is 9.06. The third-order valence-corrected chi connectivity index (χ3v) is 2.65. The van der Waals surface area contributed by atoms with Crippen molar-refractivity contribution < 1.29 is 5.11 Å². The Kier molecular flexibility index (Phi) is 6.86. The van der Waals surface area contributed by atoms with Crippen LogP contribution in [0, 0.1) is 0 Å². The number of rotatable bonds is 8. The van der Waals surface area contributed by atoms with E-state index in [0.717, 1.165) is 19.5 Å². The van der Waals surface area contributed by atoms with E-state index < -0.39 is 0 Å². The van der Waals surface area contributed by atoms with E-state index >= 15 is 0 Å². The molecular formula is C14H23NO. The van der Waals surface area contributed by atoms with Crippen LogP contribution in [0.15, 0.2) is 30.3 Å². The first-order valence-corrected chi connectivity index (χ1v) is 6.22. The molecule has 0 radical (unpaired) electrons. The summed E-state index contributed by atoms with van der Waals surface area (Å²) in [5.74, 6) is 0. The predicted molar refractivity (Wildman–Crippen MR) is 68.5 cm³/mol. The van der Waals surface area contributed by atoms with Gasteiger partial charge in [0, 0.05) is 0 Å². The number of hydrogen-bond donors (Lipinski definition) is 2. The van der Waals surface area contributed by atoms with Crippen LogP contribution in [0.3, 0.4) is 0 Å². The largest absolute Gasteiger partial charge is 0.393 e. The summed E-state index contributed by atoms with van der Waals surface area (Å²) in [5.41, 5.74) is 1.42. The van der Waals surface area contributed by atoms with E-state index in [2.05, 4.69) is 35.6 Å². The number of nitrogens with one attached hydrogen (secondary N) is 1. The Morgan fingerprint density at radius 2 is 1.88 bits per heavy atom. The highest BCUT2D eigenvalue weighted by atomic mass is 16.3. The summed E-state index contributed by atoms with van der Waals surface area (Å²) in [6.07, 6.45) is 4.26.